The van der Waals surface area contributed by atoms with Gasteiger partial charge in [-0.05, 0) is 37.0 Å². The second-order valence-corrected chi connectivity index (χ2v) is 5.51. The summed E-state index contributed by atoms with van der Waals surface area (Å²) in [6.07, 6.45) is 4.99. The molecule has 1 aromatic carbocycles. The van der Waals surface area contributed by atoms with Crippen molar-refractivity contribution < 1.29 is 0 Å². The monoisotopic (exact) mass is 267 g/mol. The molecule has 0 bridgehead atoms. The highest BCUT2D eigenvalue weighted by Gasteiger charge is 2.22. The van der Waals surface area contributed by atoms with Crippen molar-refractivity contribution in [3.8, 4) is 0 Å². The second kappa shape index (κ2) is 5.53. The summed E-state index contributed by atoms with van der Waals surface area (Å²) < 4.78 is 0. The van der Waals surface area contributed by atoms with Crippen molar-refractivity contribution in [2.24, 2.45) is 5.92 Å². The van der Waals surface area contributed by atoms with E-state index in [0.29, 0.717) is 5.92 Å². The maximum Gasteiger partial charge on any atom is 0.0618 e. The standard InChI is InChI=1S/C17H21N3/c1-3-19-15-9-16(11-18-10-15)20-12-13(2)8-14-6-4-5-7-17(14)20/h4-7,9-11,13,19H,3,8,12H2,1-2H3. The predicted octanol–water partition coefficient (Wildman–Crippen LogP) is 3.84. The maximum atomic E-state index is 4.37. The lowest BCUT2D eigenvalue weighted by molar-refractivity contribution is 0.562. The minimum absolute atomic E-state index is 0.660. The van der Waals surface area contributed by atoms with Gasteiger partial charge in [-0.3, -0.25) is 4.98 Å². The summed E-state index contributed by atoms with van der Waals surface area (Å²) in [5, 5.41) is 3.33. The zero-order chi connectivity index (χ0) is 13.9. The van der Waals surface area contributed by atoms with Gasteiger partial charge in [0.15, 0.2) is 0 Å². The van der Waals surface area contributed by atoms with Crippen LogP contribution in [-0.4, -0.2) is 18.1 Å². The number of benzene rings is 1. The molecule has 1 unspecified atom stereocenters. The van der Waals surface area contributed by atoms with Crippen LogP contribution in [0.25, 0.3) is 0 Å². The zero-order valence-electron chi connectivity index (χ0n) is 12.1. The van der Waals surface area contributed by atoms with Gasteiger partial charge in [0.2, 0.25) is 0 Å². The highest BCUT2D eigenvalue weighted by Crippen LogP contribution is 2.35. The largest absolute Gasteiger partial charge is 0.384 e. The molecule has 1 aromatic heterocycles. The van der Waals surface area contributed by atoms with Crippen molar-refractivity contribution in [3.05, 3.63) is 48.3 Å². The highest BCUT2D eigenvalue weighted by atomic mass is 15.2. The molecule has 0 saturated carbocycles. The van der Waals surface area contributed by atoms with Gasteiger partial charge in [0.1, 0.15) is 0 Å². The fourth-order valence-corrected chi connectivity index (χ4v) is 2.92. The minimum atomic E-state index is 0.660. The fraction of sp³-hybridized carbons (Fsp3) is 0.353. The van der Waals surface area contributed by atoms with E-state index in [0.717, 1.165) is 25.2 Å². The first kappa shape index (κ1) is 13.0. The van der Waals surface area contributed by atoms with Gasteiger partial charge in [-0.15, -0.1) is 0 Å². The second-order valence-electron chi connectivity index (χ2n) is 5.51. The van der Waals surface area contributed by atoms with E-state index in [1.807, 2.05) is 12.4 Å². The number of hydrogen-bond donors (Lipinski definition) is 1. The number of para-hydroxylation sites is 1. The van der Waals surface area contributed by atoms with Crippen molar-refractivity contribution >= 4 is 17.1 Å². The van der Waals surface area contributed by atoms with Crippen molar-refractivity contribution in [1.82, 2.24) is 4.98 Å². The third kappa shape index (κ3) is 2.48. The number of nitrogens with one attached hydrogen (secondary N) is 1. The fourth-order valence-electron chi connectivity index (χ4n) is 2.92. The first-order valence-electron chi connectivity index (χ1n) is 7.32. The summed E-state index contributed by atoms with van der Waals surface area (Å²) >= 11 is 0. The van der Waals surface area contributed by atoms with E-state index in [4.69, 9.17) is 0 Å². The third-order valence-electron chi connectivity index (χ3n) is 3.76. The molecule has 1 aliphatic heterocycles. The van der Waals surface area contributed by atoms with Gasteiger partial charge in [-0.1, -0.05) is 25.1 Å². The molecule has 1 aliphatic rings. The van der Waals surface area contributed by atoms with Crippen LogP contribution in [-0.2, 0) is 6.42 Å². The number of hydrogen-bond acceptors (Lipinski definition) is 3. The smallest absolute Gasteiger partial charge is 0.0618 e. The lowest BCUT2D eigenvalue weighted by atomic mass is 9.93. The molecule has 3 rings (SSSR count). The van der Waals surface area contributed by atoms with Gasteiger partial charge >= 0.3 is 0 Å². The summed E-state index contributed by atoms with van der Waals surface area (Å²) in [4.78, 5) is 6.76. The zero-order valence-corrected chi connectivity index (χ0v) is 12.1. The van der Waals surface area contributed by atoms with Crippen LogP contribution in [0.4, 0.5) is 17.1 Å². The Bertz CT molecular complexity index is 594. The Morgan fingerprint density at radius 3 is 3.00 bits per heavy atom. The summed E-state index contributed by atoms with van der Waals surface area (Å²) in [7, 11) is 0. The molecule has 2 heterocycles. The van der Waals surface area contributed by atoms with Crippen LogP contribution in [0.5, 0.6) is 0 Å². The van der Waals surface area contributed by atoms with Gasteiger partial charge in [0.05, 0.1) is 23.8 Å². The molecular weight excluding hydrogens is 246 g/mol. The average molecular weight is 267 g/mol. The van der Waals surface area contributed by atoms with Crippen LogP contribution >= 0.6 is 0 Å². The Morgan fingerprint density at radius 2 is 2.15 bits per heavy atom. The first-order chi connectivity index (χ1) is 9.78. The number of nitrogens with zero attached hydrogens (tertiary/aromatic N) is 2. The molecule has 1 N–H and O–H groups in total. The van der Waals surface area contributed by atoms with Gasteiger partial charge in [0.25, 0.3) is 0 Å². The highest BCUT2D eigenvalue weighted by molar-refractivity contribution is 5.69. The molecule has 3 nitrogen and oxygen atoms in total. The van der Waals surface area contributed by atoms with Gasteiger partial charge in [-0.2, -0.15) is 0 Å². The molecule has 20 heavy (non-hydrogen) atoms. The molecule has 0 amide bonds. The van der Waals surface area contributed by atoms with E-state index >= 15 is 0 Å². The molecule has 2 aromatic rings. The van der Waals surface area contributed by atoms with Crippen molar-refractivity contribution in [3.63, 3.8) is 0 Å². The Hall–Kier alpha value is -2.03. The Morgan fingerprint density at radius 1 is 1.30 bits per heavy atom. The number of fused-ring (bicyclic) bond motifs is 1. The summed E-state index contributed by atoms with van der Waals surface area (Å²) in [5.74, 6) is 0.660. The average Bonchev–Trinajstić information content (AvgIpc) is 2.47. The summed E-state index contributed by atoms with van der Waals surface area (Å²) in [6.45, 7) is 6.38. The number of rotatable bonds is 3. The molecular formula is C17H21N3. The van der Waals surface area contributed by atoms with Gasteiger partial charge in [0, 0.05) is 18.8 Å². The quantitative estimate of drug-likeness (QED) is 0.915. The van der Waals surface area contributed by atoms with Crippen LogP contribution in [0.2, 0.25) is 0 Å². The van der Waals surface area contributed by atoms with E-state index in [-0.39, 0.29) is 0 Å². The number of anilines is 3. The van der Waals surface area contributed by atoms with Crippen LogP contribution in [0, 0.1) is 5.92 Å². The number of aromatic nitrogens is 1. The van der Waals surface area contributed by atoms with E-state index < -0.39 is 0 Å². The number of pyridine rings is 1. The van der Waals surface area contributed by atoms with Crippen molar-refractivity contribution in [2.45, 2.75) is 20.3 Å². The van der Waals surface area contributed by atoms with Crippen LogP contribution in [0.1, 0.15) is 19.4 Å². The molecule has 0 saturated heterocycles. The molecule has 0 radical (unpaired) electrons. The summed E-state index contributed by atoms with van der Waals surface area (Å²) in [6, 6.07) is 10.9. The minimum Gasteiger partial charge on any atom is -0.384 e. The van der Waals surface area contributed by atoms with Crippen LogP contribution < -0.4 is 10.2 Å². The van der Waals surface area contributed by atoms with Crippen molar-refractivity contribution in [1.29, 1.82) is 0 Å². The van der Waals surface area contributed by atoms with Gasteiger partial charge in [-0.25, -0.2) is 0 Å². The Labute approximate surface area is 120 Å². The van der Waals surface area contributed by atoms with Gasteiger partial charge < -0.3 is 10.2 Å². The molecule has 0 fully saturated rings. The van der Waals surface area contributed by atoms with E-state index in [1.54, 1.807) is 0 Å². The maximum absolute atomic E-state index is 4.37. The molecule has 1 atom stereocenters. The Kier molecular flexibility index (Phi) is 3.59. The topological polar surface area (TPSA) is 28.2 Å². The Balaban J connectivity index is 1.99. The lowest BCUT2D eigenvalue weighted by Gasteiger charge is -2.34. The van der Waals surface area contributed by atoms with E-state index in [9.17, 15) is 0 Å². The van der Waals surface area contributed by atoms with Crippen LogP contribution in [0.15, 0.2) is 42.7 Å². The summed E-state index contributed by atoms with van der Waals surface area (Å²) in [5.41, 5.74) is 5.00. The third-order valence-corrected chi connectivity index (χ3v) is 3.76. The molecule has 0 aliphatic carbocycles. The van der Waals surface area contributed by atoms with E-state index in [2.05, 4.69) is 59.4 Å². The predicted molar refractivity (Wildman–Crippen MR) is 84.7 cm³/mol. The molecule has 104 valence electrons. The lowest BCUT2D eigenvalue weighted by Crippen LogP contribution is -2.30. The van der Waals surface area contributed by atoms with E-state index in [1.165, 1.54) is 16.9 Å². The van der Waals surface area contributed by atoms with Crippen LogP contribution in [0.3, 0.4) is 0 Å². The first-order valence-corrected chi connectivity index (χ1v) is 7.32. The normalized spacial score (nSPS) is 17.7. The van der Waals surface area contributed by atoms with Crippen molar-refractivity contribution in [2.75, 3.05) is 23.3 Å². The SMILES string of the molecule is CCNc1cncc(N2CC(C)Cc3ccccc32)c1. The molecule has 3 heteroatoms. The molecule has 0 spiro atoms.